The highest BCUT2D eigenvalue weighted by atomic mass is 127. The molecular weight excluding hydrogens is 317 g/mol. The molecular formula is C11H24IN3O. The van der Waals surface area contributed by atoms with Crippen molar-refractivity contribution in [2.24, 2.45) is 10.7 Å². The van der Waals surface area contributed by atoms with Crippen molar-refractivity contribution >= 4 is 29.9 Å². The highest BCUT2D eigenvalue weighted by molar-refractivity contribution is 14.0. The van der Waals surface area contributed by atoms with Gasteiger partial charge in [0.1, 0.15) is 0 Å². The summed E-state index contributed by atoms with van der Waals surface area (Å²) < 4.78 is 0. The Balaban J connectivity index is 0. The van der Waals surface area contributed by atoms with Gasteiger partial charge in [-0.1, -0.05) is 25.0 Å². The fourth-order valence-corrected chi connectivity index (χ4v) is 1.08. The van der Waals surface area contributed by atoms with Crippen molar-refractivity contribution in [2.75, 3.05) is 19.7 Å². The Morgan fingerprint density at radius 2 is 1.94 bits per heavy atom. The van der Waals surface area contributed by atoms with Crippen molar-refractivity contribution < 1.29 is 5.11 Å². The van der Waals surface area contributed by atoms with Crippen LogP contribution in [0.25, 0.3) is 0 Å². The number of halogens is 1. The molecule has 0 atom stereocenters. The molecule has 5 heteroatoms. The smallest absolute Gasteiger partial charge is 0.188 e. The number of aliphatic hydroxyl groups is 1. The summed E-state index contributed by atoms with van der Waals surface area (Å²) in [5.41, 5.74) is 6.62. The number of nitrogens with two attached hydrogens (primary N) is 1. The second-order valence-electron chi connectivity index (χ2n) is 3.72. The molecule has 16 heavy (non-hydrogen) atoms. The molecule has 4 nitrogen and oxygen atoms in total. The van der Waals surface area contributed by atoms with Gasteiger partial charge < -0.3 is 16.2 Å². The number of nitrogens with zero attached hydrogens (tertiary/aromatic N) is 1. The van der Waals surface area contributed by atoms with Gasteiger partial charge in [0.2, 0.25) is 0 Å². The van der Waals surface area contributed by atoms with Gasteiger partial charge in [-0.3, -0.25) is 0 Å². The molecule has 0 spiro atoms. The quantitative estimate of drug-likeness (QED) is 0.207. The van der Waals surface area contributed by atoms with Crippen molar-refractivity contribution in [1.82, 2.24) is 5.32 Å². The summed E-state index contributed by atoms with van der Waals surface area (Å²) >= 11 is 0. The average Bonchev–Trinajstić information content (AvgIpc) is 2.20. The van der Waals surface area contributed by atoms with Crippen molar-refractivity contribution in [3.8, 4) is 0 Å². The molecule has 0 aromatic heterocycles. The van der Waals surface area contributed by atoms with E-state index in [0.717, 1.165) is 37.8 Å². The molecule has 0 heterocycles. The first kappa shape index (κ1) is 18.1. The highest BCUT2D eigenvalue weighted by Crippen LogP contribution is 1.97. The lowest BCUT2D eigenvalue weighted by molar-refractivity contribution is 0.282. The van der Waals surface area contributed by atoms with E-state index in [0.29, 0.717) is 12.5 Å². The third-order valence-corrected chi connectivity index (χ3v) is 1.91. The molecule has 0 saturated carbocycles. The van der Waals surface area contributed by atoms with Gasteiger partial charge in [0, 0.05) is 13.2 Å². The Kier molecular flexibility index (Phi) is 14.4. The van der Waals surface area contributed by atoms with E-state index in [1.165, 1.54) is 0 Å². The molecule has 0 saturated heterocycles. The largest absolute Gasteiger partial charge is 0.396 e. The molecule has 0 aromatic rings. The molecule has 96 valence electrons. The number of unbranched alkanes of at least 4 members (excludes halogenated alkanes) is 3. The Bertz CT molecular complexity index is 207. The van der Waals surface area contributed by atoms with Crippen LogP contribution in [0, 0.1) is 0 Å². The fourth-order valence-electron chi connectivity index (χ4n) is 1.08. The van der Waals surface area contributed by atoms with E-state index in [1.807, 2.05) is 6.92 Å². The average molecular weight is 341 g/mol. The van der Waals surface area contributed by atoms with E-state index in [-0.39, 0.29) is 30.6 Å². The van der Waals surface area contributed by atoms with Gasteiger partial charge in [-0.05, 0) is 19.8 Å². The zero-order chi connectivity index (χ0) is 11.5. The van der Waals surface area contributed by atoms with Gasteiger partial charge in [0.05, 0.1) is 6.54 Å². The second-order valence-corrected chi connectivity index (χ2v) is 3.72. The van der Waals surface area contributed by atoms with Crippen molar-refractivity contribution in [1.29, 1.82) is 0 Å². The molecule has 0 aliphatic rings. The Morgan fingerprint density at radius 3 is 2.50 bits per heavy atom. The van der Waals surface area contributed by atoms with Crippen LogP contribution in [0.15, 0.2) is 17.1 Å². The lowest BCUT2D eigenvalue weighted by Crippen LogP contribution is -2.32. The number of hydrogen-bond acceptors (Lipinski definition) is 2. The molecule has 0 unspecified atom stereocenters. The van der Waals surface area contributed by atoms with Crippen LogP contribution in [0.5, 0.6) is 0 Å². The molecule has 0 amide bonds. The molecule has 0 fully saturated rings. The summed E-state index contributed by atoms with van der Waals surface area (Å²) in [6.07, 6.45) is 4.13. The van der Waals surface area contributed by atoms with Gasteiger partial charge in [-0.25, -0.2) is 4.99 Å². The van der Waals surface area contributed by atoms with Crippen LogP contribution in [0.3, 0.4) is 0 Å². The molecule has 0 aliphatic carbocycles. The third-order valence-electron chi connectivity index (χ3n) is 1.91. The molecule has 0 radical (unpaired) electrons. The van der Waals surface area contributed by atoms with Crippen LogP contribution >= 0.6 is 24.0 Å². The van der Waals surface area contributed by atoms with Crippen LogP contribution in [-0.2, 0) is 0 Å². The monoisotopic (exact) mass is 341 g/mol. The van der Waals surface area contributed by atoms with Gasteiger partial charge >= 0.3 is 0 Å². The Morgan fingerprint density at radius 1 is 1.31 bits per heavy atom. The number of hydrogen-bond donors (Lipinski definition) is 3. The number of aliphatic hydroxyl groups excluding tert-OH is 1. The molecule has 0 aromatic carbocycles. The van der Waals surface area contributed by atoms with E-state index in [9.17, 15) is 0 Å². The van der Waals surface area contributed by atoms with Crippen LogP contribution < -0.4 is 11.1 Å². The van der Waals surface area contributed by atoms with Crippen LogP contribution in [0.1, 0.15) is 32.6 Å². The van der Waals surface area contributed by atoms with Crippen molar-refractivity contribution in [3.05, 3.63) is 12.2 Å². The summed E-state index contributed by atoms with van der Waals surface area (Å²) in [6, 6.07) is 0. The second kappa shape index (κ2) is 12.8. The Labute approximate surface area is 115 Å². The van der Waals surface area contributed by atoms with E-state index < -0.39 is 0 Å². The van der Waals surface area contributed by atoms with Crippen LogP contribution in [0.4, 0.5) is 0 Å². The maximum Gasteiger partial charge on any atom is 0.188 e. The van der Waals surface area contributed by atoms with E-state index >= 15 is 0 Å². The minimum Gasteiger partial charge on any atom is -0.396 e. The van der Waals surface area contributed by atoms with E-state index in [4.69, 9.17) is 10.8 Å². The summed E-state index contributed by atoms with van der Waals surface area (Å²) in [5, 5.41) is 11.6. The highest BCUT2D eigenvalue weighted by Gasteiger charge is 1.92. The topological polar surface area (TPSA) is 70.6 Å². The predicted molar refractivity (Wildman–Crippen MR) is 80.3 cm³/mol. The zero-order valence-corrected chi connectivity index (χ0v) is 12.4. The Hall–Kier alpha value is -0.300. The van der Waals surface area contributed by atoms with Gasteiger partial charge in [0.15, 0.2) is 5.96 Å². The van der Waals surface area contributed by atoms with Crippen LogP contribution in [0.2, 0.25) is 0 Å². The first-order valence-corrected chi connectivity index (χ1v) is 5.46. The normalized spacial score (nSPS) is 10.8. The van der Waals surface area contributed by atoms with Crippen LogP contribution in [-0.4, -0.2) is 30.8 Å². The van der Waals surface area contributed by atoms with Gasteiger partial charge in [0.25, 0.3) is 0 Å². The minimum absolute atomic E-state index is 0. The zero-order valence-electron chi connectivity index (χ0n) is 10.0. The summed E-state index contributed by atoms with van der Waals surface area (Å²) in [4.78, 5) is 4.10. The molecule has 4 N–H and O–H groups in total. The predicted octanol–water partition coefficient (Wildman–Crippen LogP) is 1.64. The SMILES string of the molecule is C=C(C)CN=C(N)NCCCCCCO.I. The maximum absolute atomic E-state index is 8.57. The first-order valence-electron chi connectivity index (χ1n) is 5.46. The molecule has 0 rings (SSSR count). The standard InChI is InChI=1S/C11H23N3O.HI/c1-10(2)9-14-11(12)13-7-5-3-4-6-8-15;/h15H,1,3-9H2,2H3,(H3,12,13,14);1H. The summed E-state index contributed by atoms with van der Waals surface area (Å²) in [7, 11) is 0. The number of guanidine groups is 1. The van der Waals surface area contributed by atoms with Gasteiger partial charge in [-0.15, -0.1) is 24.0 Å². The molecule has 0 bridgehead atoms. The van der Waals surface area contributed by atoms with Crippen molar-refractivity contribution in [2.45, 2.75) is 32.6 Å². The summed E-state index contributed by atoms with van der Waals surface area (Å²) in [5.74, 6) is 0.486. The fraction of sp³-hybridized carbons (Fsp3) is 0.727. The lowest BCUT2D eigenvalue weighted by atomic mass is 10.2. The minimum atomic E-state index is 0. The van der Waals surface area contributed by atoms with Crippen molar-refractivity contribution in [3.63, 3.8) is 0 Å². The number of rotatable bonds is 8. The maximum atomic E-state index is 8.57. The lowest BCUT2D eigenvalue weighted by Gasteiger charge is -2.05. The van der Waals surface area contributed by atoms with E-state index in [2.05, 4.69) is 16.9 Å². The van der Waals surface area contributed by atoms with E-state index in [1.54, 1.807) is 0 Å². The first-order chi connectivity index (χ1) is 7.16. The number of aliphatic imine (C=N–C) groups is 1. The van der Waals surface area contributed by atoms with Gasteiger partial charge in [-0.2, -0.15) is 0 Å². The number of nitrogens with one attached hydrogen (secondary N) is 1. The third kappa shape index (κ3) is 13.7. The summed E-state index contributed by atoms with van der Waals surface area (Å²) in [6.45, 7) is 7.38. The molecule has 0 aliphatic heterocycles.